The third-order valence-corrected chi connectivity index (χ3v) is 3.03. The zero-order valence-electron chi connectivity index (χ0n) is 9.93. The number of nitrogens with two attached hydrogens (primary N) is 1. The molecule has 0 unspecified atom stereocenters. The van der Waals surface area contributed by atoms with E-state index in [1.165, 1.54) is 11.3 Å². The normalized spacial score (nSPS) is 11.0. The van der Waals surface area contributed by atoms with Crippen LogP contribution in [0.1, 0.15) is 34.9 Å². The van der Waals surface area contributed by atoms with Gasteiger partial charge in [0.1, 0.15) is 4.88 Å². The monoisotopic (exact) mass is 299 g/mol. The van der Waals surface area contributed by atoms with E-state index in [1.54, 1.807) is 6.20 Å². The lowest BCUT2D eigenvalue weighted by Gasteiger charge is -2.09. The molecule has 0 spiro atoms. The molecule has 0 fully saturated rings. The molecule has 0 aromatic carbocycles. The topological polar surface area (TPSA) is 68.0 Å². The van der Waals surface area contributed by atoms with E-state index in [-0.39, 0.29) is 36.8 Å². The van der Waals surface area contributed by atoms with Crippen molar-refractivity contribution >= 4 is 42.1 Å². The van der Waals surface area contributed by atoms with Crippen molar-refractivity contribution in [3.63, 3.8) is 0 Å². The second-order valence-electron chi connectivity index (χ2n) is 3.48. The Kier molecular flexibility index (Phi) is 10.8. The first-order valence-electron chi connectivity index (χ1n) is 5.13. The lowest BCUT2D eigenvalue weighted by Crippen LogP contribution is -2.37. The van der Waals surface area contributed by atoms with Crippen LogP contribution in [0.5, 0.6) is 0 Å². The first-order valence-corrected chi connectivity index (χ1v) is 5.94. The number of halogens is 2. The van der Waals surface area contributed by atoms with Gasteiger partial charge in [0.25, 0.3) is 5.91 Å². The summed E-state index contributed by atoms with van der Waals surface area (Å²) in [7, 11) is 0. The molecule has 4 nitrogen and oxygen atoms in total. The summed E-state index contributed by atoms with van der Waals surface area (Å²) in [6.07, 6.45) is 3.62. The number of carbonyl (C=O) groups is 1. The molecule has 1 rings (SSSR count). The van der Waals surface area contributed by atoms with Crippen molar-refractivity contribution in [2.45, 2.75) is 32.7 Å². The van der Waals surface area contributed by atoms with Gasteiger partial charge in [-0.05, 0) is 19.8 Å². The minimum atomic E-state index is -0.0761. The fourth-order valence-electron chi connectivity index (χ4n) is 1.10. The summed E-state index contributed by atoms with van der Waals surface area (Å²) in [4.78, 5) is 16.5. The standard InChI is InChI=1S/C10H17N3OS.2ClH/c1-3-4-9-12-6-8(15-9)10(14)13-7(2)5-11;;/h6-7H,3-5,11H2,1-2H3,(H,13,14);2*1H/t7-;;/m0../s1. The van der Waals surface area contributed by atoms with Gasteiger partial charge in [0.05, 0.1) is 11.2 Å². The molecule has 3 N–H and O–H groups in total. The van der Waals surface area contributed by atoms with E-state index in [9.17, 15) is 4.79 Å². The van der Waals surface area contributed by atoms with Crippen LogP contribution in [-0.4, -0.2) is 23.5 Å². The Morgan fingerprint density at radius 2 is 2.24 bits per heavy atom. The van der Waals surface area contributed by atoms with Crippen LogP contribution in [0.15, 0.2) is 6.20 Å². The van der Waals surface area contributed by atoms with Gasteiger partial charge < -0.3 is 11.1 Å². The van der Waals surface area contributed by atoms with E-state index in [0.717, 1.165) is 17.8 Å². The number of aromatic nitrogens is 1. The molecule has 17 heavy (non-hydrogen) atoms. The number of nitrogens with zero attached hydrogens (tertiary/aromatic N) is 1. The summed E-state index contributed by atoms with van der Waals surface area (Å²) in [6, 6.07) is 0.00854. The molecule has 1 aromatic rings. The van der Waals surface area contributed by atoms with Crippen molar-refractivity contribution in [1.29, 1.82) is 0 Å². The Balaban J connectivity index is 0. The number of thiazole rings is 1. The summed E-state index contributed by atoms with van der Waals surface area (Å²) < 4.78 is 0. The molecule has 1 heterocycles. The molecule has 1 aromatic heterocycles. The summed E-state index contributed by atoms with van der Waals surface area (Å²) >= 11 is 1.45. The maximum Gasteiger partial charge on any atom is 0.263 e. The fourth-order valence-corrected chi connectivity index (χ4v) is 2.02. The highest BCUT2D eigenvalue weighted by atomic mass is 35.5. The molecule has 7 heteroatoms. The molecule has 0 saturated carbocycles. The number of rotatable bonds is 5. The van der Waals surface area contributed by atoms with Crippen LogP contribution in [0.3, 0.4) is 0 Å². The third kappa shape index (κ3) is 6.21. The maximum absolute atomic E-state index is 11.6. The lowest BCUT2D eigenvalue weighted by molar-refractivity contribution is 0.0945. The first kappa shape index (κ1) is 19.0. The van der Waals surface area contributed by atoms with Gasteiger partial charge in [0.2, 0.25) is 0 Å². The highest BCUT2D eigenvalue weighted by molar-refractivity contribution is 7.13. The van der Waals surface area contributed by atoms with Crippen LogP contribution in [0, 0.1) is 0 Å². The Morgan fingerprint density at radius 1 is 1.59 bits per heavy atom. The average molecular weight is 300 g/mol. The third-order valence-electron chi connectivity index (χ3n) is 1.97. The molecule has 0 aliphatic rings. The average Bonchev–Trinajstić information content (AvgIpc) is 2.67. The molecule has 0 bridgehead atoms. The van der Waals surface area contributed by atoms with Crippen LogP contribution >= 0.6 is 36.2 Å². The molecule has 100 valence electrons. The molecular weight excluding hydrogens is 281 g/mol. The van der Waals surface area contributed by atoms with E-state index >= 15 is 0 Å². The van der Waals surface area contributed by atoms with Crippen LogP contribution in [0.4, 0.5) is 0 Å². The largest absolute Gasteiger partial charge is 0.348 e. The smallest absolute Gasteiger partial charge is 0.263 e. The van der Waals surface area contributed by atoms with Crippen molar-refractivity contribution in [2.75, 3.05) is 6.54 Å². The number of carbonyl (C=O) groups excluding carboxylic acids is 1. The van der Waals surface area contributed by atoms with E-state index < -0.39 is 0 Å². The van der Waals surface area contributed by atoms with Crippen LogP contribution in [-0.2, 0) is 6.42 Å². The van der Waals surface area contributed by atoms with Gasteiger partial charge in [-0.2, -0.15) is 0 Å². The zero-order chi connectivity index (χ0) is 11.3. The highest BCUT2D eigenvalue weighted by Gasteiger charge is 2.11. The summed E-state index contributed by atoms with van der Waals surface area (Å²) in [6.45, 7) is 4.43. The minimum absolute atomic E-state index is 0. The number of nitrogens with one attached hydrogen (secondary N) is 1. The number of hydrogen-bond acceptors (Lipinski definition) is 4. The summed E-state index contributed by atoms with van der Waals surface area (Å²) in [5.74, 6) is -0.0761. The molecule has 1 amide bonds. The Hall–Kier alpha value is -0.360. The van der Waals surface area contributed by atoms with E-state index in [2.05, 4.69) is 17.2 Å². The van der Waals surface area contributed by atoms with Crippen LogP contribution in [0.2, 0.25) is 0 Å². The molecule has 1 atom stereocenters. The van der Waals surface area contributed by atoms with E-state index in [4.69, 9.17) is 5.73 Å². The van der Waals surface area contributed by atoms with Gasteiger partial charge in [0.15, 0.2) is 0 Å². The predicted molar refractivity (Wildman–Crippen MR) is 76.6 cm³/mol. The SMILES string of the molecule is CCCc1ncc(C(=O)N[C@@H](C)CN)s1.Cl.Cl. The lowest BCUT2D eigenvalue weighted by atomic mass is 10.3. The zero-order valence-corrected chi connectivity index (χ0v) is 12.4. The molecule has 0 aliphatic carbocycles. The van der Waals surface area contributed by atoms with Gasteiger partial charge in [-0.1, -0.05) is 6.92 Å². The number of aryl methyl sites for hydroxylation is 1. The van der Waals surface area contributed by atoms with Crippen molar-refractivity contribution in [3.8, 4) is 0 Å². The quantitative estimate of drug-likeness (QED) is 0.874. The Morgan fingerprint density at radius 3 is 2.76 bits per heavy atom. The van der Waals surface area contributed by atoms with Crippen molar-refractivity contribution in [1.82, 2.24) is 10.3 Å². The number of hydrogen-bond donors (Lipinski definition) is 2. The first-order chi connectivity index (χ1) is 7.17. The summed E-state index contributed by atoms with van der Waals surface area (Å²) in [5, 5.41) is 3.82. The minimum Gasteiger partial charge on any atom is -0.348 e. The molecule has 0 saturated heterocycles. The van der Waals surface area contributed by atoms with Crippen LogP contribution < -0.4 is 11.1 Å². The molecular formula is C10H19Cl2N3OS. The molecule has 0 aliphatic heterocycles. The second kappa shape index (κ2) is 9.65. The van der Waals surface area contributed by atoms with E-state index in [1.807, 2.05) is 6.92 Å². The van der Waals surface area contributed by atoms with Gasteiger partial charge in [0, 0.05) is 12.6 Å². The van der Waals surface area contributed by atoms with Gasteiger partial charge in [-0.25, -0.2) is 4.98 Å². The fraction of sp³-hybridized carbons (Fsp3) is 0.600. The van der Waals surface area contributed by atoms with Crippen LogP contribution in [0.25, 0.3) is 0 Å². The Bertz CT molecular complexity index is 333. The maximum atomic E-state index is 11.6. The highest BCUT2D eigenvalue weighted by Crippen LogP contribution is 2.14. The van der Waals surface area contributed by atoms with Crippen molar-refractivity contribution in [3.05, 3.63) is 16.1 Å². The number of amides is 1. The van der Waals surface area contributed by atoms with Crippen molar-refractivity contribution < 1.29 is 4.79 Å². The van der Waals surface area contributed by atoms with Gasteiger partial charge in [-0.3, -0.25) is 4.79 Å². The van der Waals surface area contributed by atoms with Crippen molar-refractivity contribution in [2.24, 2.45) is 5.73 Å². The second-order valence-corrected chi connectivity index (χ2v) is 4.59. The van der Waals surface area contributed by atoms with E-state index in [0.29, 0.717) is 11.4 Å². The summed E-state index contributed by atoms with van der Waals surface area (Å²) in [5.41, 5.74) is 5.42. The predicted octanol–water partition coefficient (Wildman–Crippen LogP) is 2.02. The van der Waals surface area contributed by atoms with Gasteiger partial charge in [-0.15, -0.1) is 36.2 Å². The van der Waals surface area contributed by atoms with Gasteiger partial charge >= 0.3 is 0 Å². The molecule has 0 radical (unpaired) electrons. The Labute approximate surface area is 118 Å².